The maximum Gasteiger partial charge on any atom is 0.164 e. The minimum Gasteiger partial charge on any atom is -0.208 e. The lowest BCUT2D eigenvalue weighted by Gasteiger charge is -2.18. The van der Waals surface area contributed by atoms with Crippen molar-refractivity contribution in [2.75, 3.05) is 0 Å². The van der Waals surface area contributed by atoms with Gasteiger partial charge in [-0.1, -0.05) is 188 Å². The first-order valence-corrected chi connectivity index (χ1v) is 22.9. The normalized spacial score (nSPS) is 12.0. The van der Waals surface area contributed by atoms with Crippen LogP contribution in [0, 0.1) is 0 Å². The number of fused-ring (bicyclic) bond motifs is 5. The predicted octanol–water partition coefficient (Wildman–Crippen LogP) is 16.9. The SMILES string of the molecule is c1ccc(-c2nc(-c3ccccc3-c3ccccc3-c3cc4ccc5cccc6c7cccc8ccc9cccc(c(c3)c4c56)c9c87)nc(-c3cccc4sc5ccccc5c34)n2)cc1. The van der Waals surface area contributed by atoms with Gasteiger partial charge in [-0.2, -0.15) is 0 Å². The van der Waals surface area contributed by atoms with Crippen molar-refractivity contribution >= 4 is 96.1 Å². The van der Waals surface area contributed by atoms with Gasteiger partial charge in [0.2, 0.25) is 0 Å². The second kappa shape index (κ2) is 14.1. The molecule has 0 aliphatic rings. The van der Waals surface area contributed by atoms with Gasteiger partial charge in [-0.15, -0.1) is 11.3 Å². The van der Waals surface area contributed by atoms with E-state index >= 15 is 0 Å². The van der Waals surface area contributed by atoms with Crippen LogP contribution >= 0.6 is 11.3 Å². The summed E-state index contributed by atoms with van der Waals surface area (Å²) in [7, 11) is 0. The second-order valence-electron chi connectivity index (χ2n) is 17.0. The van der Waals surface area contributed by atoms with Crippen LogP contribution < -0.4 is 0 Å². The summed E-state index contributed by atoms with van der Waals surface area (Å²) in [5.41, 5.74) is 7.36. The fourth-order valence-corrected chi connectivity index (χ4v) is 11.7. The van der Waals surface area contributed by atoms with Gasteiger partial charge in [-0.3, -0.25) is 0 Å². The Balaban J connectivity index is 1.03. The molecule has 65 heavy (non-hydrogen) atoms. The molecule has 12 aromatic carbocycles. The van der Waals surface area contributed by atoms with Crippen LogP contribution in [0.2, 0.25) is 0 Å². The average Bonchev–Trinajstić information content (AvgIpc) is 3.76. The Kier molecular flexibility index (Phi) is 7.85. The summed E-state index contributed by atoms with van der Waals surface area (Å²) in [6, 6.07) is 77.1. The molecule has 14 rings (SSSR count). The molecule has 0 amide bonds. The van der Waals surface area contributed by atoms with E-state index in [0.717, 1.165) is 38.9 Å². The van der Waals surface area contributed by atoms with E-state index in [1.807, 2.05) is 18.2 Å². The molecule has 0 aliphatic carbocycles. The third-order valence-corrected chi connectivity index (χ3v) is 14.6. The molecule has 2 aromatic heterocycles. The molecule has 14 aromatic rings. The van der Waals surface area contributed by atoms with E-state index in [2.05, 4.69) is 194 Å². The van der Waals surface area contributed by atoms with Gasteiger partial charge in [0.05, 0.1) is 0 Å². The number of hydrogen-bond donors (Lipinski definition) is 0. The molecular formula is C61H35N3S. The Morgan fingerprint density at radius 3 is 1.40 bits per heavy atom. The highest BCUT2D eigenvalue weighted by Gasteiger charge is 2.21. The van der Waals surface area contributed by atoms with E-state index in [0.29, 0.717) is 17.5 Å². The van der Waals surface area contributed by atoms with Gasteiger partial charge in [0, 0.05) is 36.9 Å². The Morgan fingerprint density at radius 1 is 0.246 bits per heavy atom. The van der Waals surface area contributed by atoms with Crippen molar-refractivity contribution in [3.63, 3.8) is 0 Å². The van der Waals surface area contributed by atoms with Gasteiger partial charge in [-0.05, 0) is 111 Å². The highest BCUT2D eigenvalue weighted by molar-refractivity contribution is 7.25. The zero-order valence-electron chi connectivity index (χ0n) is 35.0. The first kappa shape index (κ1) is 36.2. The first-order chi connectivity index (χ1) is 32.2. The lowest BCUT2D eigenvalue weighted by molar-refractivity contribution is 1.08. The molecule has 0 atom stereocenters. The lowest BCUT2D eigenvalue weighted by atomic mass is 9.85. The quantitative estimate of drug-likeness (QED) is 0.162. The van der Waals surface area contributed by atoms with E-state index < -0.39 is 0 Å². The number of hydrogen-bond acceptors (Lipinski definition) is 4. The molecule has 0 fully saturated rings. The van der Waals surface area contributed by atoms with Crippen molar-refractivity contribution in [1.82, 2.24) is 15.0 Å². The predicted molar refractivity (Wildman–Crippen MR) is 276 cm³/mol. The van der Waals surface area contributed by atoms with Crippen molar-refractivity contribution in [1.29, 1.82) is 0 Å². The summed E-state index contributed by atoms with van der Waals surface area (Å²) < 4.78 is 2.46. The van der Waals surface area contributed by atoms with Crippen LogP contribution in [0.3, 0.4) is 0 Å². The van der Waals surface area contributed by atoms with Crippen molar-refractivity contribution in [2.24, 2.45) is 0 Å². The fourth-order valence-electron chi connectivity index (χ4n) is 10.6. The highest BCUT2D eigenvalue weighted by atomic mass is 32.1. The number of rotatable bonds is 5. The van der Waals surface area contributed by atoms with Gasteiger partial charge in [-0.25, -0.2) is 15.0 Å². The average molecular weight is 842 g/mol. The van der Waals surface area contributed by atoms with Gasteiger partial charge in [0.15, 0.2) is 17.5 Å². The molecule has 0 spiro atoms. The van der Waals surface area contributed by atoms with Crippen LogP contribution in [0.4, 0.5) is 0 Å². The first-order valence-electron chi connectivity index (χ1n) is 22.1. The van der Waals surface area contributed by atoms with Gasteiger partial charge in [0.1, 0.15) is 0 Å². The maximum atomic E-state index is 5.39. The van der Waals surface area contributed by atoms with Crippen LogP contribution in [-0.2, 0) is 0 Å². The van der Waals surface area contributed by atoms with E-state index in [4.69, 9.17) is 15.0 Å². The van der Waals surface area contributed by atoms with Crippen molar-refractivity contribution < 1.29 is 0 Å². The molecule has 3 nitrogen and oxygen atoms in total. The van der Waals surface area contributed by atoms with E-state index in [9.17, 15) is 0 Å². The summed E-state index contributed by atoms with van der Waals surface area (Å²) in [6.07, 6.45) is 0. The van der Waals surface area contributed by atoms with E-state index in [1.165, 1.54) is 84.8 Å². The summed E-state index contributed by atoms with van der Waals surface area (Å²) in [5, 5.41) is 17.6. The number of aromatic nitrogens is 3. The molecule has 0 aliphatic heterocycles. The number of benzene rings is 11. The van der Waals surface area contributed by atoms with Crippen LogP contribution in [0.1, 0.15) is 0 Å². The number of thiophene rings is 1. The summed E-state index contributed by atoms with van der Waals surface area (Å²) in [6.45, 7) is 0. The van der Waals surface area contributed by atoms with E-state index in [-0.39, 0.29) is 0 Å². The van der Waals surface area contributed by atoms with Crippen LogP contribution in [0.25, 0.3) is 141 Å². The molecule has 0 radical (unpaired) electrons. The van der Waals surface area contributed by atoms with E-state index in [1.54, 1.807) is 11.3 Å². The molecule has 2 heterocycles. The van der Waals surface area contributed by atoms with Crippen molar-refractivity contribution in [3.8, 4) is 56.4 Å². The summed E-state index contributed by atoms with van der Waals surface area (Å²) in [4.78, 5) is 15.9. The summed E-state index contributed by atoms with van der Waals surface area (Å²) in [5.74, 6) is 1.93. The molecular weight excluding hydrogens is 807 g/mol. The monoisotopic (exact) mass is 841 g/mol. The van der Waals surface area contributed by atoms with Crippen LogP contribution in [0.15, 0.2) is 212 Å². The maximum absolute atomic E-state index is 5.39. The van der Waals surface area contributed by atoms with Gasteiger partial charge >= 0.3 is 0 Å². The lowest BCUT2D eigenvalue weighted by Crippen LogP contribution is -2.01. The highest BCUT2D eigenvalue weighted by Crippen LogP contribution is 2.47. The largest absolute Gasteiger partial charge is 0.208 e. The molecule has 0 unspecified atom stereocenters. The molecule has 300 valence electrons. The Bertz CT molecular complexity index is 4240. The van der Waals surface area contributed by atoms with Crippen molar-refractivity contribution in [2.45, 2.75) is 0 Å². The Labute approximate surface area is 377 Å². The fraction of sp³-hybridized carbons (Fsp3) is 0. The zero-order chi connectivity index (χ0) is 42.6. The third kappa shape index (κ3) is 5.51. The van der Waals surface area contributed by atoms with Gasteiger partial charge in [0.25, 0.3) is 0 Å². The molecule has 0 N–H and O–H groups in total. The van der Waals surface area contributed by atoms with Crippen LogP contribution in [-0.4, -0.2) is 15.0 Å². The molecule has 4 heteroatoms. The molecule has 0 bridgehead atoms. The number of nitrogens with zero attached hydrogens (tertiary/aromatic N) is 3. The Morgan fingerprint density at radius 2 is 0.708 bits per heavy atom. The third-order valence-electron chi connectivity index (χ3n) is 13.4. The summed E-state index contributed by atoms with van der Waals surface area (Å²) >= 11 is 1.80. The standard InChI is InChI=1S/C61H35N3S/c1-2-14-39(15-3-1)59-62-60(64-61(63-59)50-27-13-29-53-58(50)49-23-8-9-28-52(49)65-53)48-22-7-6-21-44(48)43-20-5-4-19-42(43)41-34-40-33-32-38-17-11-25-46-45-24-10-16-36-30-31-37-18-12-26-47(56(37)54(36)45)51(35-41)57(40)55(38)46/h1-35H. The van der Waals surface area contributed by atoms with Crippen molar-refractivity contribution in [3.05, 3.63) is 212 Å². The molecule has 0 saturated heterocycles. The minimum atomic E-state index is 0.634. The van der Waals surface area contributed by atoms with Crippen LogP contribution in [0.5, 0.6) is 0 Å². The topological polar surface area (TPSA) is 38.7 Å². The van der Waals surface area contributed by atoms with Gasteiger partial charge < -0.3 is 0 Å². The smallest absolute Gasteiger partial charge is 0.164 e. The Hall–Kier alpha value is -8.31. The minimum absolute atomic E-state index is 0.634. The second-order valence-corrected chi connectivity index (χ2v) is 18.1. The zero-order valence-corrected chi connectivity index (χ0v) is 35.8. The molecule has 0 saturated carbocycles.